The molecule has 0 aliphatic carbocycles. The molecule has 3 amide bonds. The maximum Gasteiger partial charge on any atom is 0.334 e. The molecule has 1 aliphatic rings. The Morgan fingerprint density at radius 2 is 1.70 bits per heavy atom. The van der Waals surface area contributed by atoms with Gasteiger partial charge >= 0.3 is 5.97 Å². The van der Waals surface area contributed by atoms with Crippen LogP contribution in [0, 0.1) is 11.3 Å². The molecular formula is C25H23N3O5. The first kappa shape index (κ1) is 23.4. The SMILES string of the molecule is CCCCNC(=O)/C(C#N)=C/c1ccc(OC(=O)C(C)N2C(=O)c3ccccc3C2=O)cc1. The minimum atomic E-state index is -1.12. The molecule has 1 N–H and O–H groups in total. The molecule has 33 heavy (non-hydrogen) atoms. The van der Waals surface area contributed by atoms with E-state index >= 15 is 0 Å². The molecule has 3 rings (SSSR count). The highest BCUT2D eigenvalue weighted by molar-refractivity contribution is 6.22. The highest BCUT2D eigenvalue weighted by Crippen LogP contribution is 2.25. The molecule has 0 bridgehead atoms. The van der Waals surface area contributed by atoms with E-state index in [4.69, 9.17) is 4.74 Å². The van der Waals surface area contributed by atoms with Crippen LogP contribution in [0.2, 0.25) is 0 Å². The minimum Gasteiger partial charge on any atom is -0.425 e. The van der Waals surface area contributed by atoms with Crippen LogP contribution in [0.15, 0.2) is 54.1 Å². The van der Waals surface area contributed by atoms with Crippen LogP contribution in [0.3, 0.4) is 0 Å². The molecule has 0 aromatic heterocycles. The molecule has 1 unspecified atom stereocenters. The Labute approximate surface area is 191 Å². The molecule has 1 heterocycles. The van der Waals surface area contributed by atoms with Crippen molar-refractivity contribution >= 4 is 29.8 Å². The Morgan fingerprint density at radius 1 is 1.09 bits per heavy atom. The standard InChI is InChI=1S/C25H23N3O5/c1-3-4-13-27-22(29)18(15-26)14-17-9-11-19(12-10-17)33-25(32)16(2)28-23(30)20-7-5-6-8-21(20)24(28)31/h5-12,14,16H,3-4,13H2,1-2H3,(H,27,29)/b18-14+. The third-order valence-corrected chi connectivity index (χ3v) is 5.14. The van der Waals surface area contributed by atoms with Crippen molar-refractivity contribution in [3.8, 4) is 11.8 Å². The maximum absolute atomic E-state index is 12.6. The number of esters is 1. The molecular weight excluding hydrogens is 422 g/mol. The number of fused-ring (bicyclic) bond motifs is 1. The Bertz CT molecular complexity index is 1130. The highest BCUT2D eigenvalue weighted by atomic mass is 16.5. The maximum atomic E-state index is 12.6. The zero-order chi connectivity index (χ0) is 24.0. The van der Waals surface area contributed by atoms with Crippen LogP contribution in [0.5, 0.6) is 5.75 Å². The number of ether oxygens (including phenoxy) is 1. The summed E-state index contributed by atoms with van der Waals surface area (Å²) in [7, 11) is 0. The molecule has 8 heteroatoms. The van der Waals surface area contributed by atoms with Gasteiger partial charge in [0.05, 0.1) is 11.1 Å². The monoisotopic (exact) mass is 445 g/mol. The van der Waals surface area contributed by atoms with Crippen LogP contribution in [0.4, 0.5) is 0 Å². The van der Waals surface area contributed by atoms with Crippen molar-refractivity contribution in [3.05, 3.63) is 70.8 Å². The first-order valence-electron chi connectivity index (χ1n) is 10.6. The third kappa shape index (κ3) is 5.15. The van der Waals surface area contributed by atoms with Gasteiger partial charge in [0, 0.05) is 6.54 Å². The molecule has 168 valence electrons. The molecule has 1 aliphatic heterocycles. The Kier molecular flexibility index (Phi) is 7.36. The van der Waals surface area contributed by atoms with Gasteiger partial charge in [-0.25, -0.2) is 4.79 Å². The molecule has 0 saturated carbocycles. The van der Waals surface area contributed by atoms with Gasteiger partial charge in [0.25, 0.3) is 17.7 Å². The number of carbonyl (C=O) groups is 4. The topological polar surface area (TPSA) is 117 Å². The number of hydrogen-bond donors (Lipinski definition) is 1. The summed E-state index contributed by atoms with van der Waals surface area (Å²) in [5.41, 5.74) is 1.05. The number of benzene rings is 2. The summed E-state index contributed by atoms with van der Waals surface area (Å²) in [5, 5.41) is 11.9. The van der Waals surface area contributed by atoms with E-state index in [1.54, 1.807) is 36.4 Å². The van der Waals surface area contributed by atoms with E-state index in [1.165, 1.54) is 25.1 Å². The number of rotatable bonds is 8. The molecule has 2 aromatic rings. The predicted octanol–water partition coefficient (Wildman–Crippen LogP) is 3.10. The molecule has 8 nitrogen and oxygen atoms in total. The number of unbranched alkanes of at least 4 members (excludes halogenated alkanes) is 1. The van der Waals surface area contributed by atoms with Crippen molar-refractivity contribution in [2.24, 2.45) is 0 Å². The second-order valence-corrected chi connectivity index (χ2v) is 7.47. The van der Waals surface area contributed by atoms with Gasteiger partial charge in [-0.3, -0.25) is 19.3 Å². The van der Waals surface area contributed by atoms with Gasteiger partial charge in [0.2, 0.25) is 0 Å². The van der Waals surface area contributed by atoms with E-state index in [0.29, 0.717) is 12.1 Å². The van der Waals surface area contributed by atoms with Crippen molar-refractivity contribution in [1.29, 1.82) is 5.26 Å². The molecule has 0 saturated heterocycles. The lowest BCUT2D eigenvalue weighted by molar-refractivity contribution is -0.138. The summed E-state index contributed by atoms with van der Waals surface area (Å²) < 4.78 is 5.33. The predicted molar refractivity (Wildman–Crippen MR) is 120 cm³/mol. The third-order valence-electron chi connectivity index (χ3n) is 5.14. The highest BCUT2D eigenvalue weighted by Gasteiger charge is 2.41. The summed E-state index contributed by atoms with van der Waals surface area (Å²) >= 11 is 0. The van der Waals surface area contributed by atoms with Crippen LogP contribution in [-0.4, -0.2) is 41.2 Å². The Balaban J connectivity index is 1.66. The molecule has 1 atom stereocenters. The van der Waals surface area contributed by atoms with Crippen LogP contribution in [0.1, 0.15) is 53.0 Å². The number of hydrogen-bond acceptors (Lipinski definition) is 6. The number of imide groups is 1. The summed E-state index contributed by atoms with van der Waals surface area (Å²) in [6.45, 7) is 3.92. The van der Waals surface area contributed by atoms with Gasteiger partial charge in [-0.2, -0.15) is 5.26 Å². The van der Waals surface area contributed by atoms with E-state index < -0.39 is 29.7 Å². The fourth-order valence-corrected chi connectivity index (χ4v) is 3.29. The number of amides is 3. The lowest BCUT2D eigenvalue weighted by Crippen LogP contribution is -2.44. The second-order valence-electron chi connectivity index (χ2n) is 7.47. The first-order chi connectivity index (χ1) is 15.9. The van der Waals surface area contributed by atoms with Crippen molar-refractivity contribution in [1.82, 2.24) is 10.2 Å². The van der Waals surface area contributed by atoms with Gasteiger partial charge in [0.15, 0.2) is 0 Å². The summed E-state index contributed by atoms with van der Waals surface area (Å²) in [6, 6.07) is 13.3. The minimum absolute atomic E-state index is 0.0323. The van der Waals surface area contributed by atoms with Crippen LogP contribution in [0.25, 0.3) is 6.08 Å². The summed E-state index contributed by atoms with van der Waals surface area (Å²) in [6.07, 6.45) is 3.19. The zero-order valence-electron chi connectivity index (χ0n) is 18.3. The molecule has 0 spiro atoms. The number of nitrogens with one attached hydrogen (secondary N) is 1. The lowest BCUT2D eigenvalue weighted by atomic mass is 10.1. The van der Waals surface area contributed by atoms with Gasteiger partial charge in [-0.1, -0.05) is 37.6 Å². The lowest BCUT2D eigenvalue weighted by Gasteiger charge is -2.20. The summed E-state index contributed by atoms with van der Waals surface area (Å²) in [4.78, 5) is 50.7. The average Bonchev–Trinajstić information content (AvgIpc) is 3.08. The van der Waals surface area contributed by atoms with Crippen molar-refractivity contribution in [3.63, 3.8) is 0 Å². The second kappa shape index (κ2) is 10.4. The van der Waals surface area contributed by atoms with Crippen LogP contribution < -0.4 is 10.1 Å². The van der Waals surface area contributed by atoms with Crippen molar-refractivity contribution < 1.29 is 23.9 Å². The summed E-state index contributed by atoms with van der Waals surface area (Å²) in [5.74, 6) is -2.09. The largest absolute Gasteiger partial charge is 0.425 e. The van der Waals surface area contributed by atoms with Crippen LogP contribution >= 0.6 is 0 Å². The molecule has 0 radical (unpaired) electrons. The molecule has 2 aromatic carbocycles. The smallest absolute Gasteiger partial charge is 0.334 e. The van der Waals surface area contributed by atoms with E-state index in [0.717, 1.165) is 17.7 Å². The normalized spacial score (nSPS) is 13.8. The number of nitriles is 1. The zero-order valence-corrected chi connectivity index (χ0v) is 18.3. The van der Waals surface area contributed by atoms with E-state index in [1.807, 2.05) is 13.0 Å². The van der Waals surface area contributed by atoms with Crippen LogP contribution in [-0.2, 0) is 9.59 Å². The van der Waals surface area contributed by atoms with E-state index in [2.05, 4.69) is 5.32 Å². The average molecular weight is 445 g/mol. The molecule has 0 fully saturated rings. The van der Waals surface area contributed by atoms with Gasteiger partial charge in [-0.05, 0) is 49.2 Å². The van der Waals surface area contributed by atoms with Gasteiger partial charge < -0.3 is 10.1 Å². The van der Waals surface area contributed by atoms with Gasteiger partial charge in [-0.15, -0.1) is 0 Å². The Morgan fingerprint density at radius 3 is 2.24 bits per heavy atom. The number of carbonyl (C=O) groups excluding carboxylic acids is 4. The Hall–Kier alpha value is -4.25. The quantitative estimate of drug-likeness (QED) is 0.167. The fraction of sp³-hybridized carbons (Fsp3) is 0.240. The van der Waals surface area contributed by atoms with Gasteiger partial charge in [0.1, 0.15) is 23.4 Å². The fourth-order valence-electron chi connectivity index (χ4n) is 3.29. The van der Waals surface area contributed by atoms with Crippen molar-refractivity contribution in [2.75, 3.05) is 6.54 Å². The van der Waals surface area contributed by atoms with Crippen molar-refractivity contribution in [2.45, 2.75) is 32.7 Å². The number of nitrogens with zero attached hydrogens (tertiary/aromatic N) is 2. The first-order valence-corrected chi connectivity index (χ1v) is 10.6. The van der Waals surface area contributed by atoms with E-state index in [9.17, 15) is 24.4 Å². The van der Waals surface area contributed by atoms with E-state index in [-0.39, 0.29) is 22.4 Å².